The summed E-state index contributed by atoms with van der Waals surface area (Å²) >= 11 is 0. The van der Waals surface area contributed by atoms with Crippen LogP contribution in [-0.4, -0.2) is 31.8 Å². The summed E-state index contributed by atoms with van der Waals surface area (Å²) in [6.45, 7) is 6.49. The first-order valence-electron chi connectivity index (χ1n) is 10.7. The van der Waals surface area contributed by atoms with E-state index in [4.69, 9.17) is 4.74 Å². The predicted octanol–water partition coefficient (Wildman–Crippen LogP) is 5.17. The highest BCUT2D eigenvalue weighted by molar-refractivity contribution is 5.93. The Balaban J connectivity index is 1.53. The standard InChI is InChI=1S/C27H29N3O2/c1-18-16-27(2,3)30(4)24-15-25(32-5)21(13-23(18)24)17-28-29-26(31)14-20-11-8-10-19-9-6-7-12-22(19)20/h6-13,15-17H,14H2,1-5H3,(H,29,31)/b28-17-. The largest absolute Gasteiger partial charge is 0.496 e. The zero-order chi connectivity index (χ0) is 22.9. The number of benzene rings is 3. The summed E-state index contributed by atoms with van der Waals surface area (Å²) < 4.78 is 5.61. The van der Waals surface area contributed by atoms with E-state index in [2.05, 4.69) is 55.4 Å². The van der Waals surface area contributed by atoms with Gasteiger partial charge in [0.2, 0.25) is 5.91 Å². The Hall–Kier alpha value is -3.60. The average Bonchev–Trinajstić information content (AvgIpc) is 2.77. The van der Waals surface area contributed by atoms with Crippen LogP contribution >= 0.6 is 0 Å². The number of hydrogen-bond donors (Lipinski definition) is 1. The molecule has 0 bridgehead atoms. The van der Waals surface area contributed by atoms with Crippen LogP contribution in [0.25, 0.3) is 16.3 Å². The monoisotopic (exact) mass is 427 g/mol. The first kappa shape index (κ1) is 21.6. The molecule has 1 heterocycles. The van der Waals surface area contributed by atoms with Crippen molar-refractivity contribution in [2.75, 3.05) is 19.1 Å². The molecule has 5 heteroatoms. The van der Waals surface area contributed by atoms with Gasteiger partial charge in [0.15, 0.2) is 0 Å². The summed E-state index contributed by atoms with van der Waals surface area (Å²) in [5.41, 5.74) is 7.84. The lowest BCUT2D eigenvalue weighted by atomic mass is 9.88. The smallest absolute Gasteiger partial charge is 0.244 e. The van der Waals surface area contributed by atoms with E-state index in [0.29, 0.717) is 5.75 Å². The van der Waals surface area contributed by atoms with Crippen molar-refractivity contribution in [3.63, 3.8) is 0 Å². The Labute approximate surface area is 189 Å². The van der Waals surface area contributed by atoms with Crippen LogP contribution in [0, 0.1) is 0 Å². The minimum atomic E-state index is -0.160. The van der Waals surface area contributed by atoms with Gasteiger partial charge in [0.1, 0.15) is 5.75 Å². The predicted molar refractivity (Wildman–Crippen MR) is 133 cm³/mol. The molecule has 5 nitrogen and oxygen atoms in total. The molecule has 4 rings (SSSR count). The summed E-state index contributed by atoms with van der Waals surface area (Å²) in [5.74, 6) is 0.556. The van der Waals surface area contributed by atoms with Crippen LogP contribution in [0.4, 0.5) is 5.69 Å². The molecule has 1 aliphatic heterocycles. The molecule has 1 aliphatic rings. The van der Waals surface area contributed by atoms with Crippen LogP contribution in [-0.2, 0) is 11.2 Å². The van der Waals surface area contributed by atoms with Gasteiger partial charge in [-0.2, -0.15) is 5.10 Å². The Kier molecular flexibility index (Phi) is 5.74. The highest BCUT2D eigenvalue weighted by Crippen LogP contribution is 2.40. The number of rotatable bonds is 5. The second kappa shape index (κ2) is 8.50. The molecule has 0 saturated heterocycles. The third-order valence-electron chi connectivity index (χ3n) is 6.19. The lowest BCUT2D eigenvalue weighted by Crippen LogP contribution is -2.42. The molecule has 0 saturated carbocycles. The number of amides is 1. The summed E-state index contributed by atoms with van der Waals surface area (Å²) in [6, 6.07) is 18.2. The molecule has 0 fully saturated rings. The van der Waals surface area contributed by atoms with Gasteiger partial charge in [-0.15, -0.1) is 0 Å². The number of nitrogens with zero attached hydrogens (tertiary/aromatic N) is 2. The van der Waals surface area contributed by atoms with Gasteiger partial charge in [0.25, 0.3) is 0 Å². The SMILES string of the molecule is COc1cc2c(cc1/C=N\NC(=O)Cc1cccc3ccccc13)C(C)=CC(C)(C)N2C. The molecular weight excluding hydrogens is 398 g/mol. The number of nitrogens with one attached hydrogen (secondary N) is 1. The number of carbonyl (C=O) groups excluding carboxylic acids is 1. The number of allylic oxidation sites excluding steroid dienone is 1. The number of hydrogen-bond acceptors (Lipinski definition) is 4. The highest BCUT2D eigenvalue weighted by atomic mass is 16.5. The summed E-state index contributed by atoms with van der Waals surface area (Å²) in [5, 5.41) is 6.42. The quantitative estimate of drug-likeness (QED) is 0.451. The number of ether oxygens (including phenoxy) is 1. The Morgan fingerprint density at radius 2 is 1.91 bits per heavy atom. The van der Waals surface area contributed by atoms with Gasteiger partial charge in [0, 0.05) is 29.9 Å². The molecule has 0 radical (unpaired) electrons. The third-order valence-corrected chi connectivity index (χ3v) is 6.19. The van der Waals surface area contributed by atoms with Crippen LogP contribution in [0.15, 0.2) is 65.8 Å². The minimum absolute atomic E-state index is 0.0761. The summed E-state index contributed by atoms with van der Waals surface area (Å²) in [6.07, 6.45) is 4.17. The van der Waals surface area contributed by atoms with Gasteiger partial charge in [-0.05, 0) is 48.7 Å². The third kappa shape index (κ3) is 4.11. The van der Waals surface area contributed by atoms with Crippen LogP contribution < -0.4 is 15.1 Å². The Morgan fingerprint density at radius 1 is 1.16 bits per heavy atom. The lowest BCUT2D eigenvalue weighted by Gasteiger charge is -2.40. The summed E-state index contributed by atoms with van der Waals surface area (Å²) in [4.78, 5) is 14.8. The first-order chi connectivity index (χ1) is 15.3. The van der Waals surface area contributed by atoms with Gasteiger partial charge < -0.3 is 9.64 Å². The number of methoxy groups -OCH3 is 1. The van der Waals surface area contributed by atoms with Crippen molar-refractivity contribution in [1.29, 1.82) is 0 Å². The van der Waals surface area contributed by atoms with E-state index in [9.17, 15) is 4.79 Å². The Morgan fingerprint density at radius 3 is 2.69 bits per heavy atom. The van der Waals surface area contributed by atoms with E-state index in [0.717, 1.165) is 33.2 Å². The van der Waals surface area contributed by atoms with Gasteiger partial charge in [0.05, 0.1) is 25.3 Å². The van der Waals surface area contributed by atoms with Crippen LogP contribution in [0.5, 0.6) is 5.75 Å². The molecule has 32 heavy (non-hydrogen) atoms. The van der Waals surface area contributed by atoms with Gasteiger partial charge in [-0.1, -0.05) is 48.5 Å². The first-order valence-corrected chi connectivity index (χ1v) is 10.7. The van der Waals surface area contributed by atoms with Gasteiger partial charge in [-0.3, -0.25) is 4.79 Å². The average molecular weight is 428 g/mol. The molecule has 0 aromatic heterocycles. The van der Waals surface area contributed by atoms with Gasteiger partial charge >= 0.3 is 0 Å². The van der Waals surface area contributed by atoms with E-state index < -0.39 is 0 Å². The molecule has 3 aromatic rings. The fraction of sp³-hybridized carbons (Fsp3) is 0.259. The number of hydrazone groups is 1. The minimum Gasteiger partial charge on any atom is -0.496 e. The highest BCUT2D eigenvalue weighted by Gasteiger charge is 2.29. The Bertz CT molecular complexity index is 1240. The second-order valence-electron chi connectivity index (χ2n) is 8.76. The van der Waals surface area contributed by atoms with E-state index in [1.807, 2.05) is 48.5 Å². The molecular formula is C27H29N3O2. The van der Waals surface area contributed by atoms with E-state index in [1.54, 1.807) is 13.3 Å². The molecule has 164 valence electrons. The topological polar surface area (TPSA) is 53.9 Å². The molecule has 0 unspecified atom stereocenters. The van der Waals surface area contributed by atoms with E-state index in [-0.39, 0.29) is 17.9 Å². The van der Waals surface area contributed by atoms with E-state index >= 15 is 0 Å². The number of carbonyl (C=O) groups is 1. The maximum absolute atomic E-state index is 12.5. The normalized spacial score (nSPS) is 14.9. The summed E-state index contributed by atoms with van der Waals surface area (Å²) in [7, 11) is 3.73. The van der Waals surface area contributed by atoms with Crippen LogP contribution in [0.1, 0.15) is 37.5 Å². The fourth-order valence-electron chi connectivity index (χ4n) is 4.30. The molecule has 3 aromatic carbocycles. The molecule has 0 aliphatic carbocycles. The fourth-order valence-corrected chi connectivity index (χ4v) is 4.30. The number of anilines is 1. The lowest BCUT2D eigenvalue weighted by molar-refractivity contribution is -0.120. The van der Waals surface area contributed by atoms with Crippen molar-refractivity contribution in [3.05, 3.63) is 77.4 Å². The van der Waals surface area contributed by atoms with Crippen molar-refractivity contribution in [1.82, 2.24) is 5.43 Å². The van der Waals surface area contributed by atoms with Crippen LogP contribution in [0.3, 0.4) is 0 Å². The molecule has 1 N–H and O–H groups in total. The molecule has 1 amide bonds. The zero-order valence-electron chi connectivity index (χ0n) is 19.3. The molecule has 0 spiro atoms. The van der Waals surface area contributed by atoms with Crippen molar-refractivity contribution in [2.24, 2.45) is 5.10 Å². The zero-order valence-corrected chi connectivity index (χ0v) is 19.3. The number of likely N-dealkylation sites (N-methyl/N-ethyl adjacent to an activating group) is 1. The maximum atomic E-state index is 12.5. The number of fused-ring (bicyclic) bond motifs is 2. The van der Waals surface area contributed by atoms with Crippen molar-refractivity contribution in [2.45, 2.75) is 32.7 Å². The van der Waals surface area contributed by atoms with Crippen molar-refractivity contribution < 1.29 is 9.53 Å². The van der Waals surface area contributed by atoms with E-state index in [1.165, 1.54) is 5.57 Å². The second-order valence-corrected chi connectivity index (χ2v) is 8.76. The molecule has 0 atom stereocenters. The maximum Gasteiger partial charge on any atom is 0.244 e. The van der Waals surface area contributed by atoms with Crippen molar-refractivity contribution >= 4 is 34.2 Å². The van der Waals surface area contributed by atoms with Gasteiger partial charge in [-0.25, -0.2) is 5.43 Å². The van der Waals surface area contributed by atoms with Crippen LogP contribution in [0.2, 0.25) is 0 Å². The van der Waals surface area contributed by atoms with Crippen molar-refractivity contribution in [3.8, 4) is 5.75 Å².